The van der Waals surface area contributed by atoms with Gasteiger partial charge in [0.15, 0.2) is 23.1 Å². The van der Waals surface area contributed by atoms with Crippen LogP contribution in [-0.4, -0.2) is 54.2 Å². The molecule has 1 saturated heterocycles. The van der Waals surface area contributed by atoms with E-state index in [2.05, 4.69) is 20.5 Å². The van der Waals surface area contributed by atoms with Crippen LogP contribution in [0.1, 0.15) is 12.5 Å². The van der Waals surface area contributed by atoms with Gasteiger partial charge < -0.3 is 19.5 Å². The van der Waals surface area contributed by atoms with E-state index in [0.29, 0.717) is 44.2 Å². The summed E-state index contributed by atoms with van der Waals surface area (Å²) in [7, 11) is 0. The second-order valence-corrected chi connectivity index (χ2v) is 5.49. The van der Waals surface area contributed by atoms with Gasteiger partial charge >= 0.3 is 0 Å². The summed E-state index contributed by atoms with van der Waals surface area (Å²) in [5, 5.41) is 13.8. The SMILES string of the molecule is CCOc1cc(/C=N\Nc2ncc(F)c(N3CCOCC3)n2)ccc1O. The molecule has 8 nitrogen and oxygen atoms in total. The first-order chi connectivity index (χ1) is 12.7. The van der Waals surface area contributed by atoms with E-state index in [4.69, 9.17) is 9.47 Å². The summed E-state index contributed by atoms with van der Waals surface area (Å²) in [5.74, 6) is 0.372. The molecule has 0 spiro atoms. The highest BCUT2D eigenvalue weighted by atomic mass is 19.1. The van der Waals surface area contributed by atoms with Gasteiger partial charge in [0.25, 0.3) is 0 Å². The lowest BCUT2D eigenvalue weighted by atomic mass is 10.2. The van der Waals surface area contributed by atoms with Crippen molar-refractivity contribution in [2.24, 2.45) is 5.10 Å². The van der Waals surface area contributed by atoms with Crippen LogP contribution in [-0.2, 0) is 4.74 Å². The second kappa shape index (κ2) is 8.43. The number of nitrogens with one attached hydrogen (secondary N) is 1. The van der Waals surface area contributed by atoms with Crippen molar-refractivity contribution in [3.63, 3.8) is 0 Å². The molecule has 0 unspecified atom stereocenters. The number of nitrogens with zero attached hydrogens (tertiary/aromatic N) is 4. The molecule has 1 aliphatic heterocycles. The third-order valence-electron chi connectivity index (χ3n) is 3.70. The van der Waals surface area contributed by atoms with Crippen LogP contribution in [0.5, 0.6) is 11.5 Å². The third-order valence-corrected chi connectivity index (χ3v) is 3.70. The van der Waals surface area contributed by atoms with Gasteiger partial charge in [-0.1, -0.05) is 0 Å². The number of hydrogen-bond donors (Lipinski definition) is 2. The molecule has 0 amide bonds. The highest BCUT2D eigenvalue weighted by Gasteiger charge is 2.17. The molecule has 0 radical (unpaired) electrons. The number of benzene rings is 1. The van der Waals surface area contributed by atoms with Crippen molar-refractivity contribution in [2.75, 3.05) is 43.2 Å². The van der Waals surface area contributed by atoms with Crippen molar-refractivity contribution < 1.29 is 19.0 Å². The summed E-state index contributed by atoms with van der Waals surface area (Å²) in [6.45, 7) is 4.50. The van der Waals surface area contributed by atoms with Gasteiger partial charge in [0.1, 0.15) is 0 Å². The number of phenolic OH excluding ortho intramolecular Hbond substituents is 1. The fourth-order valence-corrected chi connectivity index (χ4v) is 2.46. The number of ether oxygens (including phenoxy) is 2. The first kappa shape index (κ1) is 17.9. The van der Waals surface area contributed by atoms with E-state index < -0.39 is 5.82 Å². The molecule has 138 valence electrons. The van der Waals surface area contributed by atoms with Gasteiger partial charge in [-0.2, -0.15) is 10.1 Å². The van der Waals surface area contributed by atoms with Crippen molar-refractivity contribution in [2.45, 2.75) is 6.92 Å². The largest absolute Gasteiger partial charge is 0.504 e. The molecule has 1 fully saturated rings. The van der Waals surface area contributed by atoms with Crippen LogP contribution in [0, 0.1) is 5.82 Å². The molecule has 1 aromatic carbocycles. The number of halogens is 1. The predicted molar refractivity (Wildman–Crippen MR) is 95.5 cm³/mol. The maximum Gasteiger partial charge on any atom is 0.245 e. The smallest absolute Gasteiger partial charge is 0.245 e. The van der Waals surface area contributed by atoms with E-state index in [1.54, 1.807) is 12.1 Å². The Hall–Kier alpha value is -2.94. The van der Waals surface area contributed by atoms with Gasteiger partial charge in [0.05, 0.1) is 32.2 Å². The zero-order valence-corrected chi connectivity index (χ0v) is 14.4. The van der Waals surface area contributed by atoms with E-state index in [0.717, 1.165) is 6.20 Å². The van der Waals surface area contributed by atoms with Crippen molar-refractivity contribution in [3.8, 4) is 11.5 Å². The second-order valence-electron chi connectivity index (χ2n) is 5.49. The van der Waals surface area contributed by atoms with Crippen LogP contribution >= 0.6 is 0 Å². The molecule has 0 atom stereocenters. The van der Waals surface area contributed by atoms with Crippen LogP contribution in [0.3, 0.4) is 0 Å². The third kappa shape index (κ3) is 4.37. The van der Waals surface area contributed by atoms with E-state index in [9.17, 15) is 9.50 Å². The van der Waals surface area contributed by atoms with Gasteiger partial charge in [-0.15, -0.1) is 0 Å². The first-order valence-corrected chi connectivity index (χ1v) is 8.27. The average Bonchev–Trinajstić information content (AvgIpc) is 2.66. The lowest BCUT2D eigenvalue weighted by Gasteiger charge is -2.27. The van der Waals surface area contributed by atoms with Crippen LogP contribution in [0.25, 0.3) is 0 Å². The number of aromatic nitrogens is 2. The first-order valence-electron chi connectivity index (χ1n) is 8.27. The highest BCUT2D eigenvalue weighted by Crippen LogP contribution is 2.26. The summed E-state index contributed by atoms with van der Waals surface area (Å²) < 4.78 is 24.6. The fraction of sp³-hybridized carbons (Fsp3) is 0.353. The molecular weight excluding hydrogens is 341 g/mol. The minimum Gasteiger partial charge on any atom is -0.504 e. The van der Waals surface area contributed by atoms with Crippen molar-refractivity contribution in [1.82, 2.24) is 9.97 Å². The topological polar surface area (TPSA) is 92.1 Å². The maximum atomic E-state index is 14.0. The molecule has 0 bridgehead atoms. The minimum atomic E-state index is -0.485. The minimum absolute atomic E-state index is 0.0639. The molecule has 2 heterocycles. The zero-order chi connectivity index (χ0) is 18.4. The van der Waals surface area contributed by atoms with Crippen LogP contribution in [0.4, 0.5) is 16.2 Å². The molecule has 2 N–H and O–H groups in total. The standard InChI is InChI=1S/C17H20FN5O3/c1-2-26-15-9-12(3-4-14(15)24)10-20-22-17-19-11-13(18)16(21-17)23-5-7-25-8-6-23/h3-4,9-11,24H,2,5-8H2,1H3,(H,19,21,22)/b20-10-. The highest BCUT2D eigenvalue weighted by molar-refractivity contribution is 5.81. The Balaban J connectivity index is 1.69. The van der Waals surface area contributed by atoms with Crippen molar-refractivity contribution in [1.29, 1.82) is 0 Å². The fourth-order valence-electron chi connectivity index (χ4n) is 2.46. The number of phenols is 1. The number of anilines is 2. The molecule has 9 heteroatoms. The normalized spacial score (nSPS) is 14.6. The van der Waals surface area contributed by atoms with Gasteiger partial charge in [0, 0.05) is 13.1 Å². The van der Waals surface area contributed by atoms with Crippen LogP contribution in [0.2, 0.25) is 0 Å². The average molecular weight is 361 g/mol. The number of hydrogen-bond acceptors (Lipinski definition) is 8. The van der Waals surface area contributed by atoms with Crippen molar-refractivity contribution >= 4 is 18.0 Å². The number of aromatic hydroxyl groups is 1. The number of hydrazone groups is 1. The summed E-state index contributed by atoms with van der Waals surface area (Å²) in [6, 6.07) is 4.87. The molecule has 1 aromatic heterocycles. The zero-order valence-electron chi connectivity index (χ0n) is 14.4. The van der Waals surface area contributed by atoms with E-state index in [1.165, 1.54) is 12.3 Å². The van der Waals surface area contributed by atoms with Crippen molar-refractivity contribution in [3.05, 3.63) is 35.8 Å². The summed E-state index contributed by atoms with van der Waals surface area (Å²) in [4.78, 5) is 9.88. The molecule has 0 aliphatic carbocycles. The Morgan fingerprint density at radius 2 is 2.23 bits per heavy atom. The molecule has 2 aromatic rings. The Morgan fingerprint density at radius 3 is 3.00 bits per heavy atom. The molecule has 3 rings (SSSR count). The quantitative estimate of drug-likeness (QED) is 0.600. The number of morpholine rings is 1. The van der Waals surface area contributed by atoms with E-state index >= 15 is 0 Å². The Morgan fingerprint density at radius 1 is 1.42 bits per heavy atom. The molecule has 1 aliphatic rings. The summed E-state index contributed by atoms with van der Waals surface area (Å²) in [5.41, 5.74) is 3.40. The molecule has 0 saturated carbocycles. The molecule has 26 heavy (non-hydrogen) atoms. The lowest BCUT2D eigenvalue weighted by Crippen LogP contribution is -2.37. The van der Waals surface area contributed by atoms with Gasteiger partial charge in [-0.25, -0.2) is 14.8 Å². The maximum absolute atomic E-state index is 14.0. The van der Waals surface area contributed by atoms with E-state index in [1.807, 2.05) is 11.8 Å². The Bertz CT molecular complexity index is 781. The Labute approximate surface area is 150 Å². The van der Waals surface area contributed by atoms with Crippen LogP contribution in [0.15, 0.2) is 29.5 Å². The number of rotatable bonds is 6. The van der Waals surface area contributed by atoms with Gasteiger partial charge in [-0.05, 0) is 30.7 Å². The molecular formula is C17H20FN5O3. The monoisotopic (exact) mass is 361 g/mol. The van der Waals surface area contributed by atoms with Crippen LogP contribution < -0.4 is 15.1 Å². The van der Waals surface area contributed by atoms with Gasteiger partial charge in [-0.3, -0.25) is 0 Å². The van der Waals surface area contributed by atoms with Gasteiger partial charge in [0.2, 0.25) is 5.95 Å². The lowest BCUT2D eigenvalue weighted by molar-refractivity contribution is 0.122. The van der Waals surface area contributed by atoms with E-state index in [-0.39, 0.29) is 17.5 Å². The summed E-state index contributed by atoms with van der Waals surface area (Å²) in [6.07, 6.45) is 2.65. The predicted octanol–water partition coefficient (Wildman–Crippen LogP) is 2.00. The Kier molecular flexibility index (Phi) is 5.80. The summed E-state index contributed by atoms with van der Waals surface area (Å²) >= 11 is 0.